The van der Waals surface area contributed by atoms with Gasteiger partial charge in [-0.3, -0.25) is 4.90 Å². The zero-order valence-corrected chi connectivity index (χ0v) is 11.5. The smallest absolute Gasteiger partial charge is 0.323 e. The lowest BCUT2D eigenvalue weighted by molar-refractivity contribution is 0.146. The van der Waals surface area contributed by atoms with Gasteiger partial charge in [-0.05, 0) is 39.4 Å². The van der Waals surface area contributed by atoms with Crippen LogP contribution < -0.4 is 0 Å². The molecule has 0 amide bonds. The summed E-state index contributed by atoms with van der Waals surface area (Å²) in [6, 6.07) is 0. The molecule has 0 saturated heterocycles. The van der Waals surface area contributed by atoms with Gasteiger partial charge in [0.2, 0.25) is 0 Å². The standard InChI is InChI=1S/C9H21N2.Al.2H/c1-6-11(7-2)8-10-9(3,4)5;;;/h6-8H2,1-5H3;;;/q-1;+1;;. The molecule has 0 aromatic heterocycles. The van der Waals surface area contributed by atoms with Crippen LogP contribution in [0, 0.1) is 0 Å². The average Bonchev–Trinajstić information content (AvgIpc) is 1.97. The van der Waals surface area contributed by atoms with Crippen LogP contribution in [0.25, 0.3) is 0 Å². The first-order valence-corrected chi connectivity index (χ1v) is 5.74. The molecule has 0 N–H and O–H groups in total. The minimum Gasteiger partial charge on any atom is -0.374 e. The second-order valence-corrected chi connectivity index (χ2v) is 5.39. The van der Waals surface area contributed by atoms with Crippen LogP contribution in [-0.2, 0) is 0 Å². The van der Waals surface area contributed by atoms with Gasteiger partial charge < -0.3 is 3.88 Å². The minimum absolute atomic E-state index is 0.342. The third-order valence-corrected chi connectivity index (χ3v) is 4.08. The van der Waals surface area contributed by atoms with E-state index in [2.05, 4.69) is 43.4 Å². The first-order valence-electron chi connectivity index (χ1n) is 4.85. The molecule has 0 heterocycles. The van der Waals surface area contributed by atoms with Crippen LogP contribution in [0.5, 0.6) is 0 Å². The Kier molecular flexibility index (Phi) is 5.44. The zero-order chi connectivity index (χ0) is 9.78. The fourth-order valence-corrected chi connectivity index (χ4v) is 1.34. The highest BCUT2D eigenvalue weighted by molar-refractivity contribution is 6.04. The molecular formula is C9H23AlN2. The van der Waals surface area contributed by atoms with Gasteiger partial charge in [0.1, 0.15) is 0 Å². The van der Waals surface area contributed by atoms with Gasteiger partial charge in [0.15, 0.2) is 0 Å². The zero-order valence-electron chi connectivity index (χ0n) is 9.52. The Labute approximate surface area is 85.6 Å². The summed E-state index contributed by atoms with van der Waals surface area (Å²) in [4.78, 5) is 2.46. The van der Waals surface area contributed by atoms with Crippen LogP contribution >= 0.6 is 0 Å². The highest BCUT2D eigenvalue weighted by atomic mass is 27.1. The molecule has 0 fully saturated rings. The maximum Gasteiger partial charge on any atom is 0.323 e. The largest absolute Gasteiger partial charge is 0.374 e. The van der Waals surface area contributed by atoms with Crippen molar-refractivity contribution in [3.05, 3.63) is 0 Å². The lowest BCUT2D eigenvalue weighted by Crippen LogP contribution is -2.46. The predicted molar refractivity (Wildman–Crippen MR) is 57.9 cm³/mol. The lowest BCUT2D eigenvalue weighted by Gasteiger charge is -2.37. The molecule has 0 aromatic rings. The van der Waals surface area contributed by atoms with Crippen molar-refractivity contribution < 1.29 is 0 Å². The molecule has 3 heteroatoms. The highest BCUT2D eigenvalue weighted by Gasteiger charge is 2.16. The number of hydrogen-bond acceptors (Lipinski definition) is 2. The molecule has 0 atom stereocenters. The van der Waals surface area contributed by atoms with Crippen LogP contribution in [-0.4, -0.2) is 50.6 Å². The van der Waals surface area contributed by atoms with Crippen molar-refractivity contribution in [3.8, 4) is 0 Å². The molecule has 12 heavy (non-hydrogen) atoms. The third kappa shape index (κ3) is 4.47. The third-order valence-electron chi connectivity index (χ3n) is 2.45. The summed E-state index contributed by atoms with van der Waals surface area (Å²) in [7, 11) is 0. The van der Waals surface area contributed by atoms with E-state index in [1.54, 1.807) is 0 Å². The SMILES string of the molecule is CCN(CC)C[N]([AlH2])C(C)(C)C. The van der Waals surface area contributed by atoms with Gasteiger partial charge in [-0.15, -0.1) is 0 Å². The Bertz CT molecular complexity index is 116. The maximum absolute atomic E-state index is 2.51. The Morgan fingerprint density at radius 3 is 1.75 bits per heavy atom. The lowest BCUT2D eigenvalue weighted by atomic mass is 10.1. The molecule has 0 aliphatic carbocycles. The van der Waals surface area contributed by atoms with Gasteiger partial charge in [-0.25, -0.2) is 0 Å². The van der Waals surface area contributed by atoms with Gasteiger partial charge in [-0.1, -0.05) is 13.8 Å². The van der Waals surface area contributed by atoms with Crippen molar-refractivity contribution in [2.75, 3.05) is 19.8 Å². The van der Waals surface area contributed by atoms with Crippen molar-refractivity contribution in [1.29, 1.82) is 0 Å². The van der Waals surface area contributed by atoms with Crippen LogP contribution in [0.15, 0.2) is 0 Å². The van der Waals surface area contributed by atoms with Crippen molar-refractivity contribution in [1.82, 2.24) is 8.78 Å². The first-order chi connectivity index (χ1) is 5.41. The molecule has 0 aromatic carbocycles. The van der Waals surface area contributed by atoms with E-state index in [9.17, 15) is 0 Å². The van der Waals surface area contributed by atoms with Crippen molar-refractivity contribution in [2.45, 2.75) is 40.2 Å². The van der Waals surface area contributed by atoms with E-state index in [1.165, 1.54) is 0 Å². The second kappa shape index (κ2) is 5.24. The summed E-state index contributed by atoms with van der Waals surface area (Å²) in [6.45, 7) is 14.7. The highest BCUT2D eigenvalue weighted by Crippen LogP contribution is 2.09. The molecule has 0 rings (SSSR count). The number of rotatable bonds is 4. The Morgan fingerprint density at radius 1 is 1.08 bits per heavy atom. The Balaban J connectivity index is 3.90. The van der Waals surface area contributed by atoms with Gasteiger partial charge in [0.05, 0.1) is 0 Å². The summed E-state index contributed by atoms with van der Waals surface area (Å²) in [5.41, 5.74) is 0.342. The first kappa shape index (κ1) is 12.5. The molecule has 0 bridgehead atoms. The molecule has 0 spiro atoms. The van der Waals surface area contributed by atoms with E-state index in [0.717, 1.165) is 36.3 Å². The quantitative estimate of drug-likeness (QED) is 0.476. The van der Waals surface area contributed by atoms with Crippen LogP contribution in [0.4, 0.5) is 0 Å². The fraction of sp³-hybridized carbons (Fsp3) is 1.00. The van der Waals surface area contributed by atoms with Gasteiger partial charge in [0.25, 0.3) is 0 Å². The summed E-state index contributed by atoms with van der Waals surface area (Å²) >= 11 is 1.15. The molecular weight excluding hydrogens is 163 g/mol. The molecule has 72 valence electrons. The van der Waals surface area contributed by atoms with Gasteiger partial charge >= 0.3 is 16.5 Å². The second-order valence-electron chi connectivity index (χ2n) is 4.31. The van der Waals surface area contributed by atoms with E-state index in [4.69, 9.17) is 0 Å². The molecule has 0 radical (unpaired) electrons. The van der Waals surface area contributed by atoms with Crippen LogP contribution in [0.2, 0.25) is 0 Å². The van der Waals surface area contributed by atoms with Gasteiger partial charge in [0, 0.05) is 6.67 Å². The van der Waals surface area contributed by atoms with Gasteiger partial charge in [-0.2, -0.15) is 0 Å². The van der Waals surface area contributed by atoms with E-state index >= 15 is 0 Å². The molecule has 2 nitrogen and oxygen atoms in total. The topological polar surface area (TPSA) is 6.48 Å². The summed E-state index contributed by atoms with van der Waals surface area (Å²) in [5, 5.41) is 0. The maximum atomic E-state index is 2.51. The number of nitrogens with zero attached hydrogens (tertiary/aromatic N) is 2. The summed E-state index contributed by atoms with van der Waals surface area (Å²) in [6.07, 6.45) is 0. The van der Waals surface area contributed by atoms with E-state index < -0.39 is 0 Å². The Morgan fingerprint density at radius 2 is 1.50 bits per heavy atom. The normalized spacial score (nSPS) is 12.9. The molecule has 0 unspecified atom stereocenters. The summed E-state index contributed by atoms with van der Waals surface area (Å²) < 4.78 is 2.51. The average molecular weight is 186 g/mol. The van der Waals surface area contributed by atoms with Crippen molar-refractivity contribution in [2.24, 2.45) is 0 Å². The Hall–Kier alpha value is 0.452. The fourth-order valence-electron chi connectivity index (χ4n) is 0.936. The van der Waals surface area contributed by atoms with Crippen LogP contribution in [0.1, 0.15) is 34.6 Å². The molecule has 0 aliphatic heterocycles. The van der Waals surface area contributed by atoms with E-state index in [0.29, 0.717) is 5.54 Å². The number of hydrogen-bond donors (Lipinski definition) is 0. The predicted octanol–water partition coefficient (Wildman–Crippen LogP) is 0.934. The van der Waals surface area contributed by atoms with Crippen molar-refractivity contribution >= 4 is 16.5 Å². The summed E-state index contributed by atoms with van der Waals surface area (Å²) in [5.74, 6) is 0. The monoisotopic (exact) mass is 186 g/mol. The van der Waals surface area contributed by atoms with Crippen molar-refractivity contribution in [3.63, 3.8) is 0 Å². The van der Waals surface area contributed by atoms with E-state index in [-0.39, 0.29) is 0 Å². The molecule has 0 saturated carbocycles. The minimum atomic E-state index is 0.342. The van der Waals surface area contributed by atoms with Crippen LogP contribution in [0.3, 0.4) is 0 Å². The molecule has 0 aliphatic rings. The van der Waals surface area contributed by atoms with E-state index in [1.807, 2.05) is 0 Å².